The first-order valence-corrected chi connectivity index (χ1v) is 10.2. The molecule has 3 nitrogen and oxygen atoms in total. The molecule has 0 atom stereocenters. The van der Waals surface area contributed by atoms with E-state index in [1.165, 1.54) is 12.8 Å². The van der Waals surface area contributed by atoms with Crippen molar-refractivity contribution in [3.8, 4) is 0 Å². The Morgan fingerprint density at radius 2 is 1.85 bits per heavy atom. The van der Waals surface area contributed by atoms with Crippen LogP contribution in [0.5, 0.6) is 0 Å². The van der Waals surface area contributed by atoms with Crippen LogP contribution in [-0.2, 0) is 6.54 Å². The summed E-state index contributed by atoms with van der Waals surface area (Å²) in [6, 6.07) is 15.6. The first-order valence-electron chi connectivity index (χ1n) is 9.84. The molecule has 0 aliphatic carbocycles. The summed E-state index contributed by atoms with van der Waals surface area (Å²) in [7, 11) is 0. The Morgan fingerprint density at radius 1 is 1.15 bits per heavy atom. The number of aryl methyl sites for hydroxylation is 1. The zero-order valence-corrected chi connectivity index (χ0v) is 17.1. The monoisotopic (exact) mass is 384 g/mol. The second kappa shape index (κ2) is 9.38. The molecular weight excluding hydrogens is 356 g/mol. The van der Waals surface area contributed by atoms with Gasteiger partial charge in [-0.3, -0.25) is 4.79 Å². The van der Waals surface area contributed by atoms with Crippen LogP contribution in [-0.4, -0.2) is 41.9 Å². The molecule has 0 spiro atoms. The second-order valence-corrected chi connectivity index (χ2v) is 8.18. The summed E-state index contributed by atoms with van der Waals surface area (Å²) >= 11 is 6.01. The Balaban J connectivity index is 1.71. The van der Waals surface area contributed by atoms with E-state index in [1.807, 2.05) is 60.4 Å². The van der Waals surface area contributed by atoms with Gasteiger partial charge in [0.05, 0.1) is 0 Å². The Bertz CT molecular complexity index is 751. The van der Waals surface area contributed by atoms with E-state index >= 15 is 0 Å². The third-order valence-corrected chi connectivity index (χ3v) is 5.65. The summed E-state index contributed by atoms with van der Waals surface area (Å²) in [5.74, 6) is 0.916. The maximum absolute atomic E-state index is 13.2. The fourth-order valence-corrected chi connectivity index (χ4v) is 3.70. The van der Waals surface area contributed by atoms with Crippen molar-refractivity contribution in [1.82, 2.24) is 9.80 Å². The fraction of sp³-hybridized carbons (Fsp3) is 0.435. The normalized spacial score (nSPS) is 15.7. The van der Waals surface area contributed by atoms with E-state index in [0.29, 0.717) is 6.54 Å². The van der Waals surface area contributed by atoms with Crippen LogP contribution in [0.4, 0.5) is 0 Å². The van der Waals surface area contributed by atoms with Crippen molar-refractivity contribution in [2.75, 3.05) is 26.2 Å². The third kappa shape index (κ3) is 5.82. The molecule has 1 heterocycles. The largest absolute Gasteiger partial charge is 0.333 e. The lowest BCUT2D eigenvalue weighted by Gasteiger charge is -2.32. The van der Waals surface area contributed by atoms with Crippen LogP contribution in [0.1, 0.15) is 41.3 Å². The summed E-state index contributed by atoms with van der Waals surface area (Å²) in [6.45, 7) is 8.89. The lowest BCUT2D eigenvalue weighted by Crippen LogP contribution is -2.41. The van der Waals surface area contributed by atoms with E-state index in [4.69, 9.17) is 11.6 Å². The molecule has 0 bridgehead atoms. The molecule has 1 amide bonds. The van der Waals surface area contributed by atoms with E-state index in [-0.39, 0.29) is 5.91 Å². The van der Waals surface area contributed by atoms with E-state index in [2.05, 4.69) is 11.8 Å². The van der Waals surface area contributed by atoms with Crippen LogP contribution in [0.2, 0.25) is 5.02 Å². The van der Waals surface area contributed by atoms with Crippen molar-refractivity contribution in [3.05, 3.63) is 70.2 Å². The molecule has 0 N–H and O–H groups in total. The van der Waals surface area contributed by atoms with Crippen LogP contribution in [0, 0.1) is 12.8 Å². The first-order chi connectivity index (χ1) is 13.0. The number of likely N-dealkylation sites (tertiary alicyclic amines) is 1. The number of rotatable bonds is 6. The highest BCUT2D eigenvalue weighted by atomic mass is 35.5. The van der Waals surface area contributed by atoms with Gasteiger partial charge in [0.2, 0.25) is 0 Å². The summed E-state index contributed by atoms with van der Waals surface area (Å²) in [4.78, 5) is 17.6. The van der Waals surface area contributed by atoms with Gasteiger partial charge in [0, 0.05) is 30.2 Å². The lowest BCUT2D eigenvalue weighted by molar-refractivity contribution is 0.0709. The van der Waals surface area contributed by atoms with E-state index < -0.39 is 0 Å². The number of halogens is 1. The predicted octanol–water partition coefficient (Wildman–Crippen LogP) is 5.02. The molecule has 2 aromatic rings. The highest BCUT2D eigenvalue weighted by Gasteiger charge is 2.20. The molecule has 27 heavy (non-hydrogen) atoms. The molecule has 1 saturated heterocycles. The van der Waals surface area contributed by atoms with Gasteiger partial charge in [-0.1, -0.05) is 48.4 Å². The zero-order chi connectivity index (χ0) is 19.2. The summed E-state index contributed by atoms with van der Waals surface area (Å²) in [5, 5.41) is 0.720. The third-order valence-electron chi connectivity index (χ3n) is 5.40. The van der Waals surface area contributed by atoms with Gasteiger partial charge in [-0.25, -0.2) is 0 Å². The molecule has 3 rings (SSSR count). The number of nitrogens with zero attached hydrogens (tertiary/aromatic N) is 2. The van der Waals surface area contributed by atoms with E-state index in [0.717, 1.165) is 53.8 Å². The van der Waals surface area contributed by atoms with Gasteiger partial charge in [-0.05, 0) is 68.6 Å². The maximum atomic E-state index is 13.2. The summed E-state index contributed by atoms with van der Waals surface area (Å²) in [5.41, 5.74) is 2.97. The average Bonchev–Trinajstić information content (AvgIpc) is 2.67. The standard InChI is InChI=1S/C23H29ClN2O/c1-18-10-12-25(13-11-18)14-15-26(17-20-6-8-22(24)9-7-20)23(27)21-5-3-4-19(2)16-21/h3-9,16,18H,10-15,17H2,1-2H3. The van der Waals surface area contributed by atoms with E-state index in [9.17, 15) is 4.79 Å². The molecule has 0 radical (unpaired) electrons. The minimum Gasteiger partial charge on any atom is -0.333 e. The van der Waals surface area contributed by atoms with Crippen LogP contribution < -0.4 is 0 Å². The van der Waals surface area contributed by atoms with Gasteiger partial charge < -0.3 is 9.80 Å². The molecule has 1 fully saturated rings. The number of hydrogen-bond acceptors (Lipinski definition) is 2. The van der Waals surface area contributed by atoms with Crippen molar-refractivity contribution < 1.29 is 4.79 Å². The number of piperidine rings is 1. The fourth-order valence-electron chi connectivity index (χ4n) is 3.57. The summed E-state index contributed by atoms with van der Waals surface area (Å²) < 4.78 is 0. The highest BCUT2D eigenvalue weighted by molar-refractivity contribution is 6.30. The molecule has 0 saturated carbocycles. The van der Waals surface area contributed by atoms with Crippen LogP contribution >= 0.6 is 11.6 Å². The predicted molar refractivity (Wildman–Crippen MR) is 112 cm³/mol. The highest BCUT2D eigenvalue weighted by Crippen LogP contribution is 2.17. The Morgan fingerprint density at radius 3 is 2.52 bits per heavy atom. The number of hydrogen-bond donors (Lipinski definition) is 0. The molecule has 0 unspecified atom stereocenters. The smallest absolute Gasteiger partial charge is 0.254 e. The van der Waals surface area contributed by atoms with Crippen molar-refractivity contribution in [2.24, 2.45) is 5.92 Å². The molecule has 1 aliphatic rings. The average molecular weight is 385 g/mol. The van der Waals surface area contributed by atoms with Crippen LogP contribution in [0.15, 0.2) is 48.5 Å². The lowest BCUT2D eigenvalue weighted by atomic mass is 9.99. The first kappa shape index (κ1) is 19.9. The van der Waals surface area contributed by atoms with Gasteiger partial charge >= 0.3 is 0 Å². The topological polar surface area (TPSA) is 23.6 Å². The van der Waals surface area contributed by atoms with Crippen LogP contribution in [0.3, 0.4) is 0 Å². The minimum absolute atomic E-state index is 0.0963. The van der Waals surface area contributed by atoms with E-state index in [1.54, 1.807) is 0 Å². The Hall–Kier alpha value is -1.84. The molecule has 2 aromatic carbocycles. The van der Waals surface area contributed by atoms with Crippen molar-refractivity contribution >= 4 is 17.5 Å². The molecule has 0 aromatic heterocycles. The van der Waals surface area contributed by atoms with Gasteiger partial charge in [-0.15, -0.1) is 0 Å². The summed E-state index contributed by atoms with van der Waals surface area (Å²) in [6.07, 6.45) is 2.51. The van der Waals surface area contributed by atoms with Crippen molar-refractivity contribution in [1.29, 1.82) is 0 Å². The minimum atomic E-state index is 0.0963. The SMILES string of the molecule is Cc1cccc(C(=O)N(CCN2CCC(C)CC2)Cc2ccc(Cl)cc2)c1. The molecular formula is C23H29ClN2O. The number of benzene rings is 2. The Kier molecular flexibility index (Phi) is 6.92. The van der Waals surface area contributed by atoms with Gasteiger partial charge in [-0.2, -0.15) is 0 Å². The number of carbonyl (C=O) groups is 1. The molecule has 1 aliphatic heterocycles. The second-order valence-electron chi connectivity index (χ2n) is 7.75. The van der Waals surface area contributed by atoms with Crippen molar-refractivity contribution in [2.45, 2.75) is 33.2 Å². The van der Waals surface area contributed by atoms with Gasteiger partial charge in [0.15, 0.2) is 0 Å². The Labute approximate surface area is 167 Å². The van der Waals surface area contributed by atoms with Crippen LogP contribution in [0.25, 0.3) is 0 Å². The zero-order valence-electron chi connectivity index (χ0n) is 16.3. The quantitative estimate of drug-likeness (QED) is 0.697. The van der Waals surface area contributed by atoms with Crippen molar-refractivity contribution in [3.63, 3.8) is 0 Å². The maximum Gasteiger partial charge on any atom is 0.254 e. The molecule has 4 heteroatoms. The molecule has 144 valence electrons. The number of carbonyl (C=O) groups excluding carboxylic acids is 1. The van der Waals surface area contributed by atoms with Gasteiger partial charge in [0.1, 0.15) is 0 Å². The number of amides is 1. The van der Waals surface area contributed by atoms with Gasteiger partial charge in [0.25, 0.3) is 5.91 Å².